The number of rotatable bonds is 5. The third-order valence-corrected chi connectivity index (χ3v) is 4.93. The highest BCUT2D eigenvalue weighted by Crippen LogP contribution is 2.23. The first-order valence-electron chi connectivity index (χ1n) is 7.87. The molecule has 1 aliphatic rings. The lowest BCUT2D eigenvalue weighted by molar-refractivity contribution is -0.131. The minimum atomic E-state index is -0.152. The van der Waals surface area contributed by atoms with Gasteiger partial charge in [-0.1, -0.05) is 49.1 Å². The fourth-order valence-electron chi connectivity index (χ4n) is 2.58. The zero-order valence-corrected chi connectivity index (χ0v) is 13.9. The van der Waals surface area contributed by atoms with Gasteiger partial charge in [-0.25, -0.2) is 0 Å². The summed E-state index contributed by atoms with van der Waals surface area (Å²) in [6, 6.07) is 8.29. The number of aryl methyl sites for hydroxylation is 1. The van der Waals surface area contributed by atoms with E-state index in [1.165, 1.54) is 17.5 Å². The molecule has 4 nitrogen and oxygen atoms in total. The van der Waals surface area contributed by atoms with E-state index in [0.29, 0.717) is 5.75 Å². The minimum Gasteiger partial charge on any atom is -0.273 e. The van der Waals surface area contributed by atoms with Crippen LogP contribution in [0.2, 0.25) is 0 Å². The van der Waals surface area contributed by atoms with Gasteiger partial charge in [0.05, 0.1) is 5.75 Å². The van der Waals surface area contributed by atoms with Crippen LogP contribution in [0.15, 0.2) is 24.3 Å². The number of nitrogens with one attached hydrogen (secondary N) is 2. The van der Waals surface area contributed by atoms with Crippen LogP contribution in [0.1, 0.15) is 43.2 Å². The number of thioether (sulfide) groups is 1. The fourth-order valence-corrected chi connectivity index (χ4v) is 3.37. The van der Waals surface area contributed by atoms with E-state index >= 15 is 0 Å². The molecule has 0 radical (unpaired) electrons. The number of carbonyl (C=O) groups is 2. The van der Waals surface area contributed by atoms with E-state index in [9.17, 15) is 9.59 Å². The van der Waals surface area contributed by atoms with Crippen molar-refractivity contribution in [2.24, 2.45) is 5.92 Å². The second-order valence-electron chi connectivity index (χ2n) is 5.85. The normalized spacial score (nSPS) is 15.3. The molecule has 1 fully saturated rings. The van der Waals surface area contributed by atoms with Gasteiger partial charge in [-0.15, -0.1) is 11.8 Å². The minimum absolute atomic E-state index is 0.0448. The Kier molecular flexibility index (Phi) is 6.77. The molecule has 0 aromatic heterocycles. The summed E-state index contributed by atoms with van der Waals surface area (Å²) in [4.78, 5) is 23.6. The average Bonchev–Trinajstić information content (AvgIpc) is 2.55. The fraction of sp³-hybridized carbons (Fsp3) is 0.529. The quantitative estimate of drug-likeness (QED) is 0.820. The molecule has 2 rings (SSSR count). The SMILES string of the molecule is Cc1ccc(CSCC(=O)NNC(=O)C2CCCCC2)cc1. The Bertz CT molecular complexity index is 496. The van der Waals surface area contributed by atoms with Gasteiger partial charge in [-0.2, -0.15) is 0 Å². The average molecular weight is 320 g/mol. The van der Waals surface area contributed by atoms with Gasteiger partial charge in [0.25, 0.3) is 0 Å². The highest BCUT2D eigenvalue weighted by atomic mass is 32.2. The van der Waals surface area contributed by atoms with E-state index in [0.717, 1.165) is 31.4 Å². The van der Waals surface area contributed by atoms with Crippen molar-refractivity contribution in [3.05, 3.63) is 35.4 Å². The van der Waals surface area contributed by atoms with Gasteiger partial charge in [-0.05, 0) is 25.3 Å². The smallest absolute Gasteiger partial charge is 0.248 e. The third-order valence-electron chi connectivity index (χ3n) is 3.92. The van der Waals surface area contributed by atoms with Crippen molar-refractivity contribution in [3.63, 3.8) is 0 Å². The summed E-state index contributed by atoms with van der Waals surface area (Å²) in [6.07, 6.45) is 5.30. The zero-order valence-electron chi connectivity index (χ0n) is 13.1. The van der Waals surface area contributed by atoms with Crippen molar-refractivity contribution < 1.29 is 9.59 Å². The highest BCUT2D eigenvalue weighted by Gasteiger charge is 2.21. The standard InChI is InChI=1S/C17H24N2O2S/c1-13-7-9-14(10-8-13)11-22-12-16(20)18-19-17(21)15-5-3-2-4-6-15/h7-10,15H,2-6,11-12H2,1H3,(H,18,20)(H,19,21). The summed E-state index contributed by atoms with van der Waals surface area (Å²) < 4.78 is 0. The molecular weight excluding hydrogens is 296 g/mol. The lowest BCUT2D eigenvalue weighted by atomic mass is 9.89. The molecule has 120 valence electrons. The Balaban J connectivity index is 1.61. The summed E-state index contributed by atoms with van der Waals surface area (Å²) in [6.45, 7) is 2.05. The molecule has 2 N–H and O–H groups in total. The topological polar surface area (TPSA) is 58.2 Å². The first kappa shape index (κ1) is 16.9. The van der Waals surface area contributed by atoms with E-state index < -0.39 is 0 Å². The summed E-state index contributed by atoms with van der Waals surface area (Å²) in [5.41, 5.74) is 7.51. The van der Waals surface area contributed by atoms with E-state index in [-0.39, 0.29) is 17.7 Å². The van der Waals surface area contributed by atoms with Crippen molar-refractivity contribution >= 4 is 23.6 Å². The Hall–Kier alpha value is -1.49. The van der Waals surface area contributed by atoms with Crippen LogP contribution in [-0.4, -0.2) is 17.6 Å². The second kappa shape index (κ2) is 8.83. The number of hydrogen-bond donors (Lipinski definition) is 2. The van der Waals surface area contributed by atoms with E-state index in [4.69, 9.17) is 0 Å². The van der Waals surface area contributed by atoms with Gasteiger partial charge >= 0.3 is 0 Å². The van der Waals surface area contributed by atoms with Gasteiger partial charge in [-0.3, -0.25) is 20.4 Å². The number of amides is 2. The van der Waals surface area contributed by atoms with Gasteiger partial charge in [0.1, 0.15) is 0 Å². The Morgan fingerprint density at radius 2 is 1.77 bits per heavy atom. The first-order valence-corrected chi connectivity index (χ1v) is 9.02. The summed E-state index contributed by atoms with van der Waals surface area (Å²) >= 11 is 1.54. The molecule has 5 heteroatoms. The summed E-state index contributed by atoms with van der Waals surface area (Å²) in [7, 11) is 0. The van der Waals surface area contributed by atoms with Crippen LogP contribution in [0, 0.1) is 12.8 Å². The van der Waals surface area contributed by atoms with Crippen molar-refractivity contribution in [3.8, 4) is 0 Å². The van der Waals surface area contributed by atoms with Crippen LogP contribution >= 0.6 is 11.8 Å². The maximum Gasteiger partial charge on any atom is 0.248 e. The number of benzene rings is 1. The predicted octanol–water partition coefficient (Wildman–Crippen LogP) is 2.96. The van der Waals surface area contributed by atoms with Crippen LogP contribution in [0.4, 0.5) is 0 Å². The lowest BCUT2D eigenvalue weighted by Gasteiger charge is -2.20. The molecule has 0 aliphatic heterocycles. The van der Waals surface area contributed by atoms with Crippen molar-refractivity contribution in [1.82, 2.24) is 10.9 Å². The van der Waals surface area contributed by atoms with Crippen molar-refractivity contribution in [1.29, 1.82) is 0 Å². The molecule has 0 spiro atoms. The van der Waals surface area contributed by atoms with Crippen LogP contribution in [-0.2, 0) is 15.3 Å². The molecular formula is C17H24N2O2S. The van der Waals surface area contributed by atoms with Crippen LogP contribution in [0.5, 0.6) is 0 Å². The van der Waals surface area contributed by atoms with Gasteiger partial charge in [0.2, 0.25) is 11.8 Å². The second-order valence-corrected chi connectivity index (χ2v) is 6.84. The molecule has 2 amide bonds. The van der Waals surface area contributed by atoms with Crippen LogP contribution < -0.4 is 10.9 Å². The van der Waals surface area contributed by atoms with E-state index in [1.54, 1.807) is 11.8 Å². The lowest BCUT2D eigenvalue weighted by Crippen LogP contribution is -2.45. The number of carbonyl (C=O) groups excluding carboxylic acids is 2. The third kappa shape index (κ3) is 5.72. The van der Waals surface area contributed by atoms with Gasteiger partial charge in [0.15, 0.2) is 0 Å². The zero-order chi connectivity index (χ0) is 15.8. The number of hydrazine groups is 1. The van der Waals surface area contributed by atoms with Gasteiger partial charge < -0.3 is 0 Å². The van der Waals surface area contributed by atoms with E-state index in [2.05, 4.69) is 42.0 Å². The van der Waals surface area contributed by atoms with E-state index in [1.807, 2.05) is 0 Å². The molecule has 0 saturated heterocycles. The van der Waals surface area contributed by atoms with Crippen molar-refractivity contribution in [2.75, 3.05) is 5.75 Å². The Morgan fingerprint density at radius 1 is 1.09 bits per heavy atom. The van der Waals surface area contributed by atoms with Gasteiger partial charge in [0, 0.05) is 11.7 Å². The van der Waals surface area contributed by atoms with Crippen LogP contribution in [0.3, 0.4) is 0 Å². The molecule has 1 aromatic rings. The van der Waals surface area contributed by atoms with Crippen LogP contribution in [0.25, 0.3) is 0 Å². The predicted molar refractivity (Wildman–Crippen MR) is 90.2 cm³/mol. The molecule has 22 heavy (non-hydrogen) atoms. The summed E-state index contributed by atoms with van der Waals surface area (Å²) in [5.74, 6) is 1.01. The first-order chi connectivity index (χ1) is 10.6. The maximum absolute atomic E-state index is 11.9. The molecule has 1 aliphatic carbocycles. The maximum atomic E-state index is 11.9. The largest absolute Gasteiger partial charge is 0.273 e. The Labute approximate surface area is 136 Å². The summed E-state index contributed by atoms with van der Waals surface area (Å²) in [5, 5.41) is 0. The molecule has 0 bridgehead atoms. The molecule has 0 unspecified atom stereocenters. The van der Waals surface area contributed by atoms with Crippen molar-refractivity contribution in [2.45, 2.75) is 44.8 Å². The molecule has 0 heterocycles. The number of hydrogen-bond acceptors (Lipinski definition) is 3. The molecule has 1 saturated carbocycles. The molecule has 0 atom stereocenters. The molecule has 1 aromatic carbocycles. The Morgan fingerprint density at radius 3 is 2.45 bits per heavy atom. The highest BCUT2D eigenvalue weighted by molar-refractivity contribution is 7.99. The monoisotopic (exact) mass is 320 g/mol.